The Morgan fingerprint density at radius 1 is 1.57 bits per heavy atom. The van der Waals surface area contributed by atoms with Crippen molar-refractivity contribution in [3.05, 3.63) is 11.6 Å². The van der Waals surface area contributed by atoms with E-state index >= 15 is 0 Å². The summed E-state index contributed by atoms with van der Waals surface area (Å²) in [5, 5.41) is 20.8. The molecular formula is C9H16N4O. The molecule has 0 radical (unpaired) electrons. The van der Waals surface area contributed by atoms with Crippen LogP contribution in [-0.4, -0.2) is 32.5 Å². The van der Waals surface area contributed by atoms with Gasteiger partial charge in [0, 0.05) is 13.1 Å². The molecule has 5 nitrogen and oxygen atoms in total. The van der Waals surface area contributed by atoms with Crippen molar-refractivity contribution < 1.29 is 5.11 Å². The van der Waals surface area contributed by atoms with Gasteiger partial charge in [-0.25, -0.2) is 0 Å². The van der Waals surface area contributed by atoms with Gasteiger partial charge in [0.25, 0.3) is 0 Å². The maximum Gasteiger partial charge on any atom is 0.150 e. The lowest BCUT2D eigenvalue weighted by Gasteiger charge is -2.11. The Kier molecular flexibility index (Phi) is 2.52. The topological polar surface area (TPSA) is 63.0 Å². The van der Waals surface area contributed by atoms with Gasteiger partial charge in [0.1, 0.15) is 11.6 Å². The van der Waals surface area contributed by atoms with Gasteiger partial charge < -0.3 is 15.0 Å². The first kappa shape index (κ1) is 9.61. The summed E-state index contributed by atoms with van der Waals surface area (Å²) in [6, 6.07) is 0.158. The third-order valence-corrected chi connectivity index (χ3v) is 2.70. The molecule has 0 spiro atoms. The molecule has 0 unspecified atom stereocenters. The van der Waals surface area contributed by atoms with Crippen LogP contribution >= 0.6 is 0 Å². The summed E-state index contributed by atoms with van der Waals surface area (Å²) < 4.78 is 2.08. The number of rotatable bonds is 2. The second kappa shape index (κ2) is 3.67. The molecule has 0 aliphatic carbocycles. The molecule has 1 aromatic rings. The summed E-state index contributed by atoms with van der Waals surface area (Å²) in [5.74, 6) is 1.88. The van der Waals surface area contributed by atoms with Gasteiger partial charge >= 0.3 is 0 Å². The summed E-state index contributed by atoms with van der Waals surface area (Å²) in [7, 11) is 0. The van der Waals surface area contributed by atoms with Crippen molar-refractivity contribution in [2.24, 2.45) is 0 Å². The smallest absolute Gasteiger partial charge is 0.150 e. The molecule has 1 aliphatic rings. The van der Waals surface area contributed by atoms with E-state index in [4.69, 9.17) is 0 Å². The molecule has 1 saturated heterocycles. The van der Waals surface area contributed by atoms with Gasteiger partial charge in [0.15, 0.2) is 0 Å². The molecule has 0 aromatic carbocycles. The Balaban J connectivity index is 2.23. The van der Waals surface area contributed by atoms with Crippen LogP contribution in [0.1, 0.15) is 31.0 Å². The highest BCUT2D eigenvalue weighted by atomic mass is 16.3. The van der Waals surface area contributed by atoms with Crippen LogP contribution in [0.5, 0.6) is 0 Å². The van der Waals surface area contributed by atoms with Gasteiger partial charge in [0.05, 0.1) is 12.1 Å². The number of aliphatic hydroxyl groups is 1. The van der Waals surface area contributed by atoms with Gasteiger partial charge in [0.2, 0.25) is 0 Å². The van der Waals surface area contributed by atoms with Crippen LogP contribution in [0.2, 0.25) is 0 Å². The van der Waals surface area contributed by atoms with Crippen molar-refractivity contribution >= 4 is 0 Å². The third kappa shape index (κ3) is 1.53. The third-order valence-electron chi connectivity index (χ3n) is 2.70. The molecule has 78 valence electrons. The largest absolute Gasteiger partial charge is 0.392 e. The van der Waals surface area contributed by atoms with E-state index in [9.17, 15) is 5.11 Å². The predicted octanol–water partition coefficient (Wildman–Crippen LogP) is 0.00172. The fourth-order valence-corrected chi connectivity index (χ4v) is 1.96. The number of hydrogen-bond donors (Lipinski definition) is 2. The van der Waals surface area contributed by atoms with Crippen LogP contribution in [0.15, 0.2) is 0 Å². The van der Waals surface area contributed by atoms with E-state index in [0.29, 0.717) is 6.54 Å². The molecule has 1 fully saturated rings. The highest BCUT2D eigenvalue weighted by Gasteiger charge is 2.27. The number of aryl methyl sites for hydroxylation is 1. The molecule has 0 saturated carbocycles. The summed E-state index contributed by atoms with van der Waals surface area (Å²) in [4.78, 5) is 0. The molecule has 5 heteroatoms. The summed E-state index contributed by atoms with van der Waals surface area (Å²) in [6.45, 7) is 5.55. The molecule has 2 N–H and O–H groups in total. The first-order valence-electron chi connectivity index (χ1n) is 5.03. The molecule has 0 amide bonds. The molecule has 2 rings (SSSR count). The summed E-state index contributed by atoms with van der Waals surface area (Å²) in [6.07, 6.45) is 0.486. The highest BCUT2D eigenvalue weighted by Crippen LogP contribution is 2.22. The van der Waals surface area contributed by atoms with E-state index in [0.717, 1.165) is 24.6 Å². The predicted molar refractivity (Wildman–Crippen MR) is 51.8 cm³/mol. The van der Waals surface area contributed by atoms with Gasteiger partial charge in [-0.2, -0.15) is 0 Å². The maximum atomic E-state index is 9.41. The van der Waals surface area contributed by atoms with Crippen molar-refractivity contribution in [1.82, 2.24) is 20.1 Å². The van der Waals surface area contributed by atoms with Crippen LogP contribution in [0.3, 0.4) is 0 Å². The summed E-state index contributed by atoms with van der Waals surface area (Å²) >= 11 is 0. The van der Waals surface area contributed by atoms with E-state index in [1.165, 1.54) is 0 Å². The van der Waals surface area contributed by atoms with Crippen LogP contribution in [0, 0.1) is 6.92 Å². The zero-order valence-electron chi connectivity index (χ0n) is 8.56. The van der Waals surface area contributed by atoms with Crippen LogP contribution in [-0.2, 0) is 6.54 Å². The van der Waals surface area contributed by atoms with Crippen molar-refractivity contribution in [3.63, 3.8) is 0 Å². The molecule has 1 aromatic heterocycles. The van der Waals surface area contributed by atoms with Crippen LogP contribution in [0.4, 0.5) is 0 Å². The average Bonchev–Trinajstić information content (AvgIpc) is 2.71. The number of aliphatic hydroxyl groups excluding tert-OH is 1. The van der Waals surface area contributed by atoms with Gasteiger partial charge in [-0.1, -0.05) is 0 Å². The van der Waals surface area contributed by atoms with Gasteiger partial charge in [-0.05, 0) is 20.3 Å². The van der Waals surface area contributed by atoms with Gasteiger partial charge in [-0.15, -0.1) is 10.2 Å². The number of nitrogens with zero attached hydrogens (tertiary/aromatic N) is 3. The van der Waals surface area contributed by atoms with Crippen molar-refractivity contribution in [2.45, 2.75) is 39.0 Å². The normalized spacial score (nSPS) is 27.1. The Morgan fingerprint density at radius 2 is 2.36 bits per heavy atom. The molecule has 14 heavy (non-hydrogen) atoms. The lowest BCUT2D eigenvalue weighted by Crippen LogP contribution is -2.18. The van der Waals surface area contributed by atoms with E-state index < -0.39 is 0 Å². The fraction of sp³-hybridized carbons (Fsp3) is 0.778. The maximum absolute atomic E-state index is 9.41. The molecule has 2 heterocycles. The highest BCUT2D eigenvalue weighted by molar-refractivity contribution is 5.03. The SMILES string of the molecule is CCn1c(C)nnc1[C@@H]1C[C@@H](O)CN1. The monoisotopic (exact) mass is 196 g/mol. The standard InChI is InChI=1S/C9H16N4O/c1-3-13-6(2)11-12-9(13)8-4-7(14)5-10-8/h7-8,10,14H,3-5H2,1-2H3/t7-,8+/m1/s1. The van der Waals surface area contributed by atoms with Crippen molar-refractivity contribution in [3.8, 4) is 0 Å². The Hall–Kier alpha value is -0.940. The minimum atomic E-state index is -0.248. The van der Waals surface area contributed by atoms with E-state index in [1.807, 2.05) is 6.92 Å². The molecule has 1 aliphatic heterocycles. The number of β-amino-alcohol motifs (C(OH)–C–C–N with tert-alkyl or cyclic N) is 1. The second-order valence-corrected chi connectivity index (χ2v) is 3.70. The van der Waals surface area contributed by atoms with Crippen molar-refractivity contribution in [1.29, 1.82) is 0 Å². The van der Waals surface area contributed by atoms with Crippen molar-refractivity contribution in [2.75, 3.05) is 6.54 Å². The summed E-state index contributed by atoms with van der Waals surface area (Å²) in [5.41, 5.74) is 0. The quantitative estimate of drug-likeness (QED) is 0.699. The van der Waals surface area contributed by atoms with E-state index in [2.05, 4.69) is 27.0 Å². The zero-order chi connectivity index (χ0) is 10.1. The molecular weight excluding hydrogens is 180 g/mol. The number of aromatic nitrogens is 3. The van der Waals surface area contributed by atoms with Crippen LogP contribution < -0.4 is 5.32 Å². The Labute approximate surface area is 83.2 Å². The second-order valence-electron chi connectivity index (χ2n) is 3.70. The number of hydrogen-bond acceptors (Lipinski definition) is 4. The number of nitrogens with one attached hydrogen (secondary N) is 1. The minimum Gasteiger partial charge on any atom is -0.392 e. The lowest BCUT2D eigenvalue weighted by atomic mass is 10.2. The van der Waals surface area contributed by atoms with E-state index in [1.54, 1.807) is 0 Å². The lowest BCUT2D eigenvalue weighted by molar-refractivity contribution is 0.192. The van der Waals surface area contributed by atoms with Gasteiger partial charge in [-0.3, -0.25) is 0 Å². The first-order valence-corrected chi connectivity index (χ1v) is 5.03. The Morgan fingerprint density at radius 3 is 2.93 bits per heavy atom. The van der Waals surface area contributed by atoms with E-state index in [-0.39, 0.29) is 12.1 Å². The Bertz CT molecular complexity index is 323. The fourth-order valence-electron chi connectivity index (χ4n) is 1.96. The first-order chi connectivity index (χ1) is 6.72. The van der Waals surface area contributed by atoms with Crippen LogP contribution in [0.25, 0.3) is 0 Å². The molecule has 2 atom stereocenters. The average molecular weight is 196 g/mol. The molecule has 0 bridgehead atoms. The zero-order valence-corrected chi connectivity index (χ0v) is 8.56. The minimum absolute atomic E-state index is 0.158.